The van der Waals surface area contributed by atoms with Crippen LogP contribution in [0.15, 0.2) is 36.4 Å². The Balaban J connectivity index is 1.78. The maximum absolute atomic E-state index is 12.8. The van der Waals surface area contributed by atoms with Crippen molar-refractivity contribution in [1.82, 2.24) is 0 Å². The van der Waals surface area contributed by atoms with E-state index in [1.165, 1.54) is 21.3 Å². The highest BCUT2D eigenvalue weighted by Crippen LogP contribution is 2.40. The van der Waals surface area contributed by atoms with Gasteiger partial charge in [0.05, 0.1) is 40.0 Å². The number of hydrogen-bond acceptors (Lipinski definition) is 6. The molecule has 1 atom stereocenters. The van der Waals surface area contributed by atoms with Crippen LogP contribution in [0.3, 0.4) is 0 Å². The third kappa shape index (κ3) is 4.06. The van der Waals surface area contributed by atoms with Gasteiger partial charge in [0, 0.05) is 30.8 Å². The lowest BCUT2D eigenvalue weighted by atomic mass is 10.1. The summed E-state index contributed by atoms with van der Waals surface area (Å²) in [6, 6.07) is 10.5. The van der Waals surface area contributed by atoms with Gasteiger partial charge in [-0.05, 0) is 12.1 Å². The van der Waals surface area contributed by atoms with E-state index in [0.717, 1.165) is 0 Å². The Bertz CT molecular complexity index is 889. The number of hydrogen-bond donors (Lipinski definition) is 1. The Morgan fingerprint density at radius 2 is 1.59 bits per heavy atom. The number of benzene rings is 2. The van der Waals surface area contributed by atoms with Crippen LogP contribution < -0.4 is 29.2 Å². The standard InChI is InChI=1S/C21H24N2O6/c1-26-16-8-6-5-7-15(16)23-12-13(9-19(23)24)21(25)22-14-10-17(27-2)20(29-4)18(11-14)28-3/h5-8,10-11,13H,9,12H2,1-4H3,(H,22,25)/t13-/m1/s1. The van der Waals surface area contributed by atoms with Crippen molar-refractivity contribution in [3.63, 3.8) is 0 Å². The molecule has 3 rings (SSSR count). The van der Waals surface area contributed by atoms with Crippen molar-refractivity contribution < 1.29 is 28.5 Å². The molecule has 2 aromatic carbocycles. The zero-order chi connectivity index (χ0) is 21.0. The second-order valence-electron chi connectivity index (χ2n) is 6.48. The number of amides is 2. The highest BCUT2D eigenvalue weighted by molar-refractivity contribution is 6.04. The molecule has 0 aromatic heterocycles. The van der Waals surface area contributed by atoms with E-state index in [0.29, 0.717) is 34.4 Å². The maximum Gasteiger partial charge on any atom is 0.229 e. The van der Waals surface area contributed by atoms with Crippen LogP contribution >= 0.6 is 0 Å². The van der Waals surface area contributed by atoms with Crippen LogP contribution in [0.5, 0.6) is 23.0 Å². The predicted octanol–water partition coefficient (Wildman–Crippen LogP) is 2.71. The number of carbonyl (C=O) groups excluding carboxylic acids is 2. The Labute approximate surface area is 169 Å². The molecule has 1 aliphatic heterocycles. The summed E-state index contributed by atoms with van der Waals surface area (Å²) in [4.78, 5) is 26.9. The van der Waals surface area contributed by atoms with E-state index in [2.05, 4.69) is 5.32 Å². The van der Waals surface area contributed by atoms with E-state index in [4.69, 9.17) is 18.9 Å². The van der Waals surface area contributed by atoms with Crippen LogP contribution in [0.1, 0.15) is 6.42 Å². The second kappa shape index (κ2) is 8.72. The molecule has 0 aliphatic carbocycles. The zero-order valence-electron chi connectivity index (χ0n) is 16.9. The van der Waals surface area contributed by atoms with Crippen LogP contribution in [-0.2, 0) is 9.59 Å². The largest absolute Gasteiger partial charge is 0.495 e. The zero-order valence-corrected chi connectivity index (χ0v) is 16.9. The highest BCUT2D eigenvalue weighted by atomic mass is 16.5. The average molecular weight is 400 g/mol. The van der Waals surface area contributed by atoms with Gasteiger partial charge in [0.15, 0.2) is 11.5 Å². The first-order valence-corrected chi connectivity index (χ1v) is 9.06. The Hall–Kier alpha value is -3.42. The third-order valence-corrected chi connectivity index (χ3v) is 4.80. The Morgan fingerprint density at radius 3 is 2.17 bits per heavy atom. The summed E-state index contributed by atoms with van der Waals surface area (Å²) < 4.78 is 21.3. The first-order valence-electron chi connectivity index (χ1n) is 9.06. The molecule has 1 fully saturated rings. The van der Waals surface area contributed by atoms with Crippen LogP contribution in [0.4, 0.5) is 11.4 Å². The van der Waals surface area contributed by atoms with Crippen LogP contribution in [0.2, 0.25) is 0 Å². The van der Waals surface area contributed by atoms with Gasteiger partial charge in [0.2, 0.25) is 17.6 Å². The second-order valence-corrected chi connectivity index (χ2v) is 6.48. The molecule has 154 valence electrons. The minimum Gasteiger partial charge on any atom is -0.495 e. The van der Waals surface area contributed by atoms with E-state index in [9.17, 15) is 9.59 Å². The molecular weight excluding hydrogens is 376 g/mol. The van der Waals surface area contributed by atoms with Crippen molar-refractivity contribution in [1.29, 1.82) is 0 Å². The number of carbonyl (C=O) groups is 2. The molecule has 2 aromatic rings. The lowest BCUT2D eigenvalue weighted by molar-refractivity contribution is -0.122. The fourth-order valence-corrected chi connectivity index (χ4v) is 3.37. The molecular formula is C21H24N2O6. The van der Waals surface area contributed by atoms with Crippen LogP contribution in [0.25, 0.3) is 0 Å². The average Bonchev–Trinajstić information content (AvgIpc) is 3.14. The van der Waals surface area contributed by atoms with Gasteiger partial charge in [0.1, 0.15) is 5.75 Å². The highest BCUT2D eigenvalue weighted by Gasteiger charge is 2.36. The van der Waals surface area contributed by atoms with Gasteiger partial charge in [-0.2, -0.15) is 0 Å². The fourth-order valence-electron chi connectivity index (χ4n) is 3.37. The smallest absolute Gasteiger partial charge is 0.229 e. The molecule has 1 saturated heterocycles. The van der Waals surface area contributed by atoms with E-state index in [-0.39, 0.29) is 24.8 Å². The van der Waals surface area contributed by atoms with Crippen molar-refractivity contribution in [3.8, 4) is 23.0 Å². The van der Waals surface area contributed by atoms with Gasteiger partial charge in [-0.15, -0.1) is 0 Å². The number of para-hydroxylation sites is 2. The summed E-state index contributed by atoms with van der Waals surface area (Å²) in [6.45, 7) is 0.273. The van der Waals surface area contributed by atoms with E-state index < -0.39 is 5.92 Å². The Morgan fingerprint density at radius 1 is 0.966 bits per heavy atom. The van der Waals surface area contributed by atoms with Gasteiger partial charge in [-0.3, -0.25) is 9.59 Å². The number of nitrogens with zero attached hydrogens (tertiary/aromatic N) is 1. The summed E-state index contributed by atoms with van der Waals surface area (Å²) in [5, 5.41) is 2.84. The summed E-state index contributed by atoms with van der Waals surface area (Å²) >= 11 is 0. The molecule has 1 aliphatic rings. The molecule has 1 heterocycles. The molecule has 8 nitrogen and oxygen atoms in total. The van der Waals surface area contributed by atoms with Crippen molar-refractivity contribution in [3.05, 3.63) is 36.4 Å². The third-order valence-electron chi connectivity index (χ3n) is 4.80. The van der Waals surface area contributed by atoms with Crippen molar-refractivity contribution in [2.75, 3.05) is 45.2 Å². The van der Waals surface area contributed by atoms with E-state index in [1.807, 2.05) is 12.1 Å². The fraction of sp³-hybridized carbons (Fsp3) is 0.333. The lowest BCUT2D eigenvalue weighted by Crippen LogP contribution is -2.28. The van der Waals surface area contributed by atoms with Crippen LogP contribution in [0, 0.1) is 5.92 Å². The number of rotatable bonds is 7. The molecule has 8 heteroatoms. The number of methoxy groups -OCH3 is 4. The van der Waals surface area contributed by atoms with Crippen molar-refractivity contribution in [2.45, 2.75) is 6.42 Å². The molecule has 0 bridgehead atoms. The molecule has 0 radical (unpaired) electrons. The SMILES string of the molecule is COc1ccccc1N1C[C@H](C(=O)Nc2cc(OC)c(OC)c(OC)c2)CC1=O. The van der Waals surface area contributed by atoms with E-state index >= 15 is 0 Å². The number of ether oxygens (including phenoxy) is 4. The number of nitrogens with one attached hydrogen (secondary N) is 1. The van der Waals surface area contributed by atoms with Gasteiger partial charge in [-0.25, -0.2) is 0 Å². The van der Waals surface area contributed by atoms with Gasteiger partial charge < -0.3 is 29.2 Å². The molecule has 0 unspecified atom stereocenters. The number of anilines is 2. The summed E-state index contributed by atoms with van der Waals surface area (Å²) in [6.07, 6.45) is 0.119. The van der Waals surface area contributed by atoms with Gasteiger partial charge >= 0.3 is 0 Å². The molecule has 0 saturated carbocycles. The quantitative estimate of drug-likeness (QED) is 0.769. The minimum absolute atomic E-state index is 0.119. The lowest BCUT2D eigenvalue weighted by Gasteiger charge is -2.19. The normalized spacial score (nSPS) is 15.8. The summed E-state index contributed by atoms with van der Waals surface area (Å²) in [7, 11) is 6.07. The van der Waals surface area contributed by atoms with E-state index in [1.54, 1.807) is 36.3 Å². The van der Waals surface area contributed by atoms with Crippen molar-refractivity contribution >= 4 is 23.2 Å². The topological polar surface area (TPSA) is 86.3 Å². The molecule has 2 amide bonds. The maximum atomic E-state index is 12.8. The molecule has 29 heavy (non-hydrogen) atoms. The minimum atomic E-state index is -0.494. The molecule has 0 spiro atoms. The first-order chi connectivity index (χ1) is 14.0. The van der Waals surface area contributed by atoms with Gasteiger partial charge in [-0.1, -0.05) is 12.1 Å². The van der Waals surface area contributed by atoms with Gasteiger partial charge in [0.25, 0.3) is 0 Å². The van der Waals surface area contributed by atoms with Crippen LogP contribution in [-0.4, -0.2) is 46.8 Å². The first kappa shape index (κ1) is 20.3. The summed E-state index contributed by atoms with van der Waals surface area (Å²) in [5.41, 5.74) is 1.15. The Kier molecular flexibility index (Phi) is 6.11. The van der Waals surface area contributed by atoms with Crippen molar-refractivity contribution in [2.24, 2.45) is 5.92 Å². The molecule has 1 N–H and O–H groups in total. The predicted molar refractivity (Wildman–Crippen MR) is 108 cm³/mol. The monoisotopic (exact) mass is 400 g/mol. The summed E-state index contributed by atoms with van der Waals surface area (Å²) in [5.74, 6) is 1.01.